The Labute approximate surface area is 164 Å². The van der Waals surface area contributed by atoms with Crippen molar-refractivity contribution in [1.82, 2.24) is 24.9 Å². The van der Waals surface area contributed by atoms with Gasteiger partial charge >= 0.3 is 0 Å². The molecule has 8 nitrogen and oxygen atoms in total. The molecule has 3 rings (SSSR count). The Morgan fingerprint density at radius 3 is 2.81 bits per heavy atom. The van der Waals surface area contributed by atoms with Crippen LogP contribution in [0.4, 0.5) is 0 Å². The molecule has 0 aliphatic carbocycles. The SMILES string of the molecule is O=C(COc1ccc(Cl)cc1Cl)NCCn1nc(-n2cccn2)ccc1=O. The summed E-state index contributed by atoms with van der Waals surface area (Å²) in [5.41, 5.74) is -0.274. The number of carbonyl (C=O) groups excluding carboxylic acids is 1. The average Bonchev–Trinajstić information content (AvgIpc) is 3.17. The van der Waals surface area contributed by atoms with E-state index in [0.717, 1.165) is 0 Å². The van der Waals surface area contributed by atoms with Crippen molar-refractivity contribution < 1.29 is 9.53 Å². The van der Waals surface area contributed by atoms with E-state index in [1.54, 1.807) is 36.7 Å². The zero-order valence-corrected chi connectivity index (χ0v) is 15.5. The number of hydrogen-bond acceptors (Lipinski definition) is 5. The normalized spacial score (nSPS) is 10.6. The number of rotatable bonds is 7. The lowest BCUT2D eigenvalue weighted by Gasteiger charge is -2.10. The number of carbonyl (C=O) groups is 1. The van der Waals surface area contributed by atoms with Crippen LogP contribution in [0.5, 0.6) is 5.75 Å². The van der Waals surface area contributed by atoms with Crippen molar-refractivity contribution in [2.45, 2.75) is 6.54 Å². The Balaban J connectivity index is 1.51. The van der Waals surface area contributed by atoms with Crippen LogP contribution in [0.3, 0.4) is 0 Å². The topological polar surface area (TPSA) is 91.0 Å². The number of nitrogens with zero attached hydrogens (tertiary/aromatic N) is 4. The van der Waals surface area contributed by atoms with E-state index in [0.29, 0.717) is 21.6 Å². The quantitative estimate of drug-likeness (QED) is 0.645. The number of benzene rings is 1. The van der Waals surface area contributed by atoms with Gasteiger partial charge in [-0.2, -0.15) is 5.10 Å². The molecule has 1 amide bonds. The maximum atomic E-state index is 11.9. The minimum Gasteiger partial charge on any atom is -0.482 e. The Kier molecular flexibility index (Phi) is 6.10. The Hall–Kier alpha value is -2.84. The summed E-state index contributed by atoms with van der Waals surface area (Å²) in [6.45, 7) is 0.213. The van der Waals surface area contributed by atoms with Crippen molar-refractivity contribution in [2.24, 2.45) is 0 Å². The lowest BCUT2D eigenvalue weighted by molar-refractivity contribution is -0.123. The summed E-state index contributed by atoms with van der Waals surface area (Å²) < 4.78 is 8.15. The highest BCUT2D eigenvalue weighted by molar-refractivity contribution is 6.35. The largest absolute Gasteiger partial charge is 0.482 e. The van der Waals surface area contributed by atoms with E-state index >= 15 is 0 Å². The number of nitrogens with one attached hydrogen (secondary N) is 1. The van der Waals surface area contributed by atoms with Crippen molar-refractivity contribution in [2.75, 3.05) is 13.2 Å². The van der Waals surface area contributed by atoms with E-state index in [-0.39, 0.29) is 31.2 Å². The molecule has 2 aromatic heterocycles. The maximum absolute atomic E-state index is 11.9. The average molecular weight is 408 g/mol. The van der Waals surface area contributed by atoms with Gasteiger partial charge in [0.05, 0.1) is 11.6 Å². The van der Waals surface area contributed by atoms with Gasteiger partial charge in [-0.1, -0.05) is 23.2 Å². The van der Waals surface area contributed by atoms with Crippen molar-refractivity contribution in [3.8, 4) is 11.6 Å². The van der Waals surface area contributed by atoms with Crippen LogP contribution in [-0.2, 0) is 11.3 Å². The molecule has 0 unspecified atom stereocenters. The molecule has 0 radical (unpaired) electrons. The first kappa shape index (κ1) is 18.9. The van der Waals surface area contributed by atoms with Gasteiger partial charge < -0.3 is 10.1 Å². The van der Waals surface area contributed by atoms with E-state index in [2.05, 4.69) is 15.5 Å². The first-order valence-corrected chi connectivity index (χ1v) is 8.71. The molecular weight excluding hydrogens is 393 g/mol. The van der Waals surface area contributed by atoms with Crippen LogP contribution in [0.1, 0.15) is 0 Å². The first-order chi connectivity index (χ1) is 13.0. The number of ether oxygens (including phenoxy) is 1. The molecule has 0 bridgehead atoms. The highest BCUT2D eigenvalue weighted by Gasteiger charge is 2.07. The standard InChI is InChI=1S/C17H15Cl2N5O3/c18-12-2-3-14(13(19)10-12)27-11-16(25)20-7-9-24-17(26)5-4-15(22-24)23-8-1-6-21-23/h1-6,8,10H,7,9,11H2,(H,20,25). The van der Waals surface area contributed by atoms with Crippen molar-refractivity contribution in [3.63, 3.8) is 0 Å². The molecule has 10 heteroatoms. The summed E-state index contributed by atoms with van der Waals surface area (Å²) in [5, 5.41) is 11.7. The van der Waals surface area contributed by atoms with Gasteiger partial charge in [-0.25, -0.2) is 9.36 Å². The van der Waals surface area contributed by atoms with Crippen molar-refractivity contribution in [3.05, 3.63) is 69.2 Å². The minimum absolute atomic E-state index is 0.210. The summed E-state index contributed by atoms with van der Waals surface area (Å²) in [6.07, 6.45) is 3.34. The van der Waals surface area contributed by atoms with Gasteiger partial charge in [0.1, 0.15) is 5.75 Å². The summed E-state index contributed by atoms with van der Waals surface area (Å²) in [4.78, 5) is 23.8. The molecule has 27 heavy (non-hydrogen) atoms. The third-order valence-electron chi connectivity index (χ3n) is 3.49. The second kappa shape index (κ2) is 8.70. The smallest absolute Gasteiger partial charge is 0.266 e. The fraction of sp³-hybridized carbons (Fsp3) is 0.176. The zero-order chi connectivity index (χ0) is 19.2. The van der Waals surface area contributed by atoms with Gasteiger partial charge in [-0.3, -0.25) is 9.59 Å². The summed E-state index contributed by atoms with van der Waals surface area (Å²) in [5.74, 6) is 0.518. The molecule has 0 saturated carbocycles. The lowest BCUT2D eigenvalue weighted by atomic mass is 10.3. The molecule has 0 aliphatic rings. The number of halogens is 2. The summed E-state index contributed by atoms with van der Waals surface area (Å²) in [6, 6.07) is 9.46. The van der Waals surface area contributed by atoms with Gasteiger partial charge in [-0.15, -0.1) is 5.10 Å². The third-order valence-corrected chi connectivity index (χ3v) is 4.02. The number of aromatic nitrogens is 4. The van der Waals surface area contributed by atoms with Crippen molar-refractivity contribution in [1.29, 1.82) is 0 Å². The summed E-state index contributed by atoms with van der Waals surface area (Å²) >= 11 is 11.8. The summed E-state index contributed by atoms with van der Waals surface area (Å²) in [7, 11) is 0. The van der Waals surface area contributed by atoms with Crippen LogP contribution in [0.15, 0.2) is 53.6 Å². The van der Waals surface area contributed by atoms with E-state index in [4.69, 9.17) is 27.9 Å². The van der Waals surface area contributed by atoms with E-state index in [9.17, 15) is 9.59 Å². The molecule has 0 fully saturated rings. The Morgan fingerprint density at radius 1 is 1.22 bits per heavy atom. The first-order valence-electron chi connectivity index (χ1n) is 7.95. The van der Waals surface area contributed by atoms with Gasteiger partial charge in [0.15, 0.2) is 12.4 Å². The number of hydrogen-bond donors (Lipinski definition) is 1. The molecule has 2 heterocycles. The lowest BCUT2D eigenvalue weighted by Crippen LogP contribution is -2.34. The minimum atomic E-state index is -0.350. The van der Waals surface area contributed by atoms with Crippen LogP contribution >= 0.6 is 23.2 Å². The molecule has 0 saturated heterocycles. The van der Waals surface area contributed by atoms with Gasteiger partial charge in [0.2, 0.25) is 0 Å². The van der Waals surface area contributed by atoms with Crippen LogP contribution in [0.2, 0.25) is 10.0 Å². The van der Waals surface area contributed by atoms with Crippen LogP contribution in [0.25, 0.3) is 5.82 Å². The van der Waals surface area contributed by atoms with E-state index in [1.807, 2.05) is 0 Å². The molecule has 140 valence electrons. The molecule has 3 aromatic rings. The molecule has 0 atom stereocenters. The maximum Gasteiger partial charge on any atom is 0.266 e. The van der Waals surface area contributed by atoms with Crippen molar-refractivity contribution >= 4 is 29.1 Å². The number of amides is 1. The van der Waals surface area contributed by atoms with Crippen LogP contribution in [-0.4, -0.2) is 38.6 Å². The molecular formula is C17H15Cl2N5O3. The Bertz CT molecular complexity index is 988. The highest BCUT2D eigenvalue weighted by atomic mass is 35.5. The van der Waals surface area contributed by atoms with E-state index < -0.39 is 0 Å². The van der Waals surface area contributed by atoms with E-state index in [1.165, 1.54) is 21.5 Å². The van der Waals surface area contributed by atoms with Gasteiger partial charge in [-0.05, 0) is 30.3 Å². The van der Waals surface area contributed by atoms with Gasteiger partial charge in [0.25, 0.3) is 11.5 Å². The fourth-order valence-corrected chi connectivity index (χ4v) is 2.68. The molecule has 1 aromatic carbocycles. The Morgan fingerprint density at radius 2 is 2.07 bits per heavy atom. The fourth-order valence-electron chi connectivity index (χ4n) is 2.21. The second-order valence-corrected chi connectivity index (χ2v) is 6.26. The monoisotopic (exact) mass is 407 g/mol. The molecule has 0 spiro atoms. The predicted octanol–water partition coefficient (Wildman–Crippen LogP) is 1.93. The predicted molar refractivity (Wildman–Crippen MR) is 101 cm³/mol. The zero-order valence-electron chi connectivity index (χ0n) is 14.0. The molecule has 0 aliphatic heterocycles. The molecule has 1 N–H and O–H groups in total. The van der Waals surface area contributed by atoms with Gasteiger partial charge in [0, 0.05) is 30.0 Å². The van der Waals surface area contributed by atoms with Crippen LogP contribution < -0.4 is 15.6 Å². The van der Waals surface area contributed by atoms with Crippen LogP contribution in [0, 0.1) is 0 Å². The third kappa shape index (κ3) is 5.08. The second-order valence-electron chi connectivity index (χ2n) is 5.42. The highest BCUT2D eigenvalue weighted by Crippen LogP contribution is 2.27.